The molecule has 2 amide bonds. The highest BCUT2D eigenvalue weighted by atomic mass is 19.2. The highest BCUT2D eigenvalue weighted by Gasteiger charge is 2.51. The first kappa shape index (κ1) is 48.7. The van der Waals surface area contributed by atoms with Crippen molar-refractivity contribution in [3.8, 4) is 5.75 Å². The van der Waals surface area contributed by atoms with Crippen molar-refractivity contribution in [2.45, 2.75) is 97.0 Å². The summed E-state index contributed by atoms with van der Waals surface area (Å²) in [6.45, 7) is 6.13. The summed E-state index contributed by atoms with van der Waals surface area (Å²) < 4.78 is 103. The minimum atomic E-state index is -1.75. The minimum absolute atomic E-state index is 0.0217. The lowest BCUT2D eigenvalue weighted by Crippen LogP contribution is -2.66. The highest BCUT2D eigenvalue weighted by molar-refractivity contribution is 5.84. The second-order valence-electron chi connectivity index (χ2n) is 12.5. The summed E-state index contributed by atoms with van der Waals surface area (Å²) in [5.41, 5.74) is 0. The molecule has 1 aliphatic heterocycles. The topological polar surface area (TPSA) is 210 Å². The lowest BCUT2D eigenvalue weighted by atomic mass is 9.96. The van der Waals surface area contributed by atoms with Crippen LogP contribution in [0.3, 0.4) is 0 Å². The SMILES string of the molecule is CCC(Oc1c(F)c(F)cc(F)c1F)C(=O)COCCOCCOCCNC(=O)CCCCO[C@@H]1O[C@H](COC(C)=O)[C@H](OC(C)=O)[C@H](OC(C)=O)[C@H]1NC(C)=O. The average Bonchev–Trinajstić information content (AvgIpc) is 3.13. The maximum absolute atomic E-state index is 13.9. The second kappa shape index (κ2) is 25.7. The third-order valence-corrected chi connectivity index (χ3v) is 7.77. The van der Waals surface area contributed by atoms with Gasteiger partial charge in [0.2, 0.25) is 23.4 Å². The molecule has 1 aromatic rings. The maximum Gasteiger partial charge on any atom is 0.303 e. The van der Waals surface area contributed by atoms with E-state index in [0.717, 1.165) is 13.8 Å². The van der Waals surface area contributed by atoms with Gasteiger partial charge < -0.3 is 53.3 Å². The van der Waals surface area contributed by atoms with Crippen molar-refractivity contribution in [3.05, 3.63) is 29.3 Å². The molecule has 322 valence electrons. The van der Waals surface area contributed by atoms with E-state index in [1.54, 1.807) is 0 Å². The molecule has 1 fully saturated rings. The van der Waals surface area contributed by atoms with E-state index in [0.29, 0.717) is 12.8 Å². The van der Waals surface area contributed by atoms with E-state index in [-0.39, 0.29) is 77.6 Å². The van der Waals surface area contributed by atoms with Gasteiger partial charge >= 0.3 is 17.9 Å². The summed E-state index contributed by atoms with van der Waals surface area (Å²) in [6.07, 6.45) is -5.32. The van der Waals surface area contributed by atoms with Gasteiger partial charge in [0.1, 0.15) is 25.4 Å². The van der Waals surface area contributed by atoms with Crippen molar-refractivity contribution < 1.29 is 89.0 Å². The highest BCUT2D eigenvalue weighted by Crippen LogP contribution is 2.29. The largest absolute Gasteiger partial charge is 0.476 e. The molecule has 1 aliphatic rings. The molecule has 0 saturated carbocycles. The van der Waals surface area contributed by atoms with Gasteiger partial charge in [-0.15, -0.1) is 0 Å². The van der Waals surface area contributed by atoms with Crippen LogP contribution in [0, 0.1) is 23.3 Å². The number of ether oxygens (including phenoxy) is 9. The standard InChI is InChI=1S/C36H50F4N2O15/c1-6-27(56-34-30(39)24(37)17-25(38)31(34)40)26(47)18-51-16-15-50-14-13-49-12-10-41-29(48)9-7-8-11-52-36-32(42-20(2)43)35(55-23(5)46)33(54-22(4)45)28(57-36)19-53-21(3)44/h17,27-28,32-33,35-36H,6-16,18-19H2,1-5H3,(H,41,48)(H,42,43)/t27?,28-,32-,33+,35-,36-/m1/s1. The van der Waals surface area contributed by atoms with E-state index >= 15 is 0 Å². The monoisotopic (exact) mass is 826 g/mol. The number of nitrogens with one attached hydrogen (secondary N) is 2. The maximum atomic E-state index is 13.9. The van der Waals surface area contributed by atoms with Crippen LogP contribution in [0.4, 0.5) is 17.6 Å². The van der Waals surface area contributed by atoms with Gasteiger partial charge in [0.05, 0.1) is 33.0 Å². The Labute approximate surface area is 326 Å². The molecule has 1 aromatic carbocycles. The fraction of sp³-hybridized carbons (Fsp3) is 0.667. The van der Waals surface area contributed by atoms with Crippen LogP contribution in [-0.2, 0) is 66.7 Å². The Morgan fingerprint density at radius 3 is 1.95 bits per heavy atom. The quantitative estimate of drug-likeness (QED) is 0.0450. The molecule has 1 heterocycles. The molecule has 0 radical (unpaired) electrons. The number of ketones is 1. The molecule has 2 N–H and O–H groups in total. The number of hydrogen-bond acceptors (Lipinski definition) is 15. The summed E-state index contributed by atoms with van der Waals surface area (Å²) in [6, 6.07) is -1.07. The number of amides is 2. The fourth-order valence-electron chi connectivity index (χ4n) is 5.25. The zero-order valence-electron chi connectivity index (χ0n) is 32.4. The van der Waals surface area contributed by atoms with Crippen molar-refractivity contribution in [1.29, 1.82) is 0 Å². The number of carbonyl (C=O) groups excluding carboxylic acids is 6. The Morgan fingerprint density at radius 1 is 0.772 bits per heavy atom. The Morgan fingerprint density at radius 2 is 1.37 bits per heavy atom. The molecule has 0 spiro atoms. The Kier molecular flexibility index (Phi) is 22.0. The van der Waals surface area contributed by atoms with E-state index < -0.39 is 102 Å². The van der Waals surface area contributed by atoms with Gasteiger partial charge in [-0.3, -0.25) is 28.8 Å². The summed E-state index contributed by atoms with van der Waals surface area (Å²) in [4.78, 5) is 72.0. The number of benzene rings is 1. The summed E-state index contributed by atoms with van der Waals surface area (Å²) >= 11 is 0. The van der Waals surface area contributed by atoms with Crippen molar-refractivity contribution in [2.75, 3.05) is 59.4 Å². The first-order valence-corrected chi connectivity index (χ1v) is 18.1. The molecule has 6 atom stereocenters. The fourth-order valence-corrected chi connectivity index (χ4v) is 5.25. The van der Waals surface area contributed by atoms with E-state index in [9.17, 15) is 46.3 Å². The van der Waals surface area contributed by atoms with E-state index in [1.807, 2.05) is 0 Å². The van der Waals surface area contributed by atoms with Crippen LogP contribution in [0.15, 0.2) is 6.07 Å². The third-order valence-electron chi connectivity index (χ3n) is 7.77. The molecule has 2 rings (SSSR count). The molecular formula is C36H50F4N2O15. The normalized spacial score (nSPS) is 19.6. The zero-order valence-corrected chi connectivity index (χ0v) is 32.4. The first-order chi connectivity index (χ1) is 27.0. The van der Waals surface area contributed by atoms with Gasteiger partial charge in [-0.25, -0.2) is 8.78 Å². The smallest absolute Gasteiger partial charge is 0.303 e. The first-order valence-electron chi connectivity index (χ1n) is 18.1. The van der Waals surface area contributed by atoms with Crippen LogP contribution in [0.1, 0.15) is 60.3 Å². The lowest BCUT2D eigenvalue weighted by Gasteiger charge is -2.44. The van der Waals surface area contributed by atoms with Crippen LogP contribution in [0.25, 0.3) is 0 Å². The van der Waals surface area contributed by atoms with Crippen LogP contribution < -0.4 is 15.4 Å². The molecule has 1 unspecified atom stereocenters. The Bertz CT molecular complexity index is 1480. The molecular weight excluding hydrogens is 776 g/mol. The van der Waals surface area contributed by atoms with Crippen molar-refractivity contribution in [1.82, 2.24) is 10.6 Å². The molecule has 0 aliphatic carbocycles. The molecule has 21 heteroatoms. The Hall–Kier alpha value is -4.44. The van der Waals surface area contributed by atoms with Crippen LogP contribution in [0.2, 0.25) is 0 Å². The van der Waals surface area contributed by atoms with Crippen molar-refractivity contribution in [2.24, 2.45) is 0 Å². The van der Waals surface area contributed by atoms with Crippen LogP contribution in [-0.4, -0.2) is 132 Å². The van der Waals surface area contributed by atoms with Gasteiger partial charge in [-0.2, -0.15) is 8.78 Å². The van der Waals surface area contributed by atoms with Gasteiger partial charge in [0.15, 0.2) is 47.8 Å². The molecule has 17 nitrogen and oxygen atoms in total. The van der Waals surface area contributed by atoms with Crippen LogP contribution in [0.5, 0.6) is 5.75 Å². The number of carbonyl (C=O) groups is 6. The lowest BCUT2D eigenvalue weighted by molar-refractivity contribution is -0.277. The number of unbranched alkanes of at least 4 members (excludes halogenated alkanes) is 1. The summed E-state index contributed by atoms with van der Waals surface area (Å²) in [5.74, 6) is -11.7. The van der Waals surface area contributed by atoms with Gasteiger partial charge in [-0.1, -0.05) is 6.92 Å². The number of rotatable bonds is 26. The number of halogens is 4. The summed E-state index contributed by atoms with van der Waals surface area (Å²) in [5, 5.41) is 5.31. The van der Waals surface area contributed by atoms with Gasteiger partial charge in [0.25, 0.3) is 0 Å². The van der Waals surface area contributed by atoms with E-state index in [2.05, 4.69) is 10.6 Å². The second-order valence-corrected chi connectivity index (χ2v) is 12.5. The predicted molar refractivity (Wildman–Crippen MR) is 185 cm³/mol. The summed E-state index contributed by atoms with van der Waals surface area (Å²) in [7, 11) is 0. The van der Waals surface area contributed by atoms with Crippen molar-refractivity contribution in [3.63, 3.8) is 0 Å². The van der Waals surface area contributed by atoms with E-state index in [1.165, 1.54) is 20.8 Å². The number of hydrogen-bond donors (Lipinski definition) is 2. The van der Waals surface area contributed by atoms with E-state index in [4.69, 9.17) is 42.6 Å². The minimum Gasteiger partial charge on any atom is -0.476 e. The molecule has 1 saturated heterocycles. The molecule has 0 aromatic heterocycles. The Balaban J connectivity index is 1.64. The van der Waals surface area contributed by atoms with Crippen LogP contribution >= 0.6 is 0 Å². The van der Waals surface area contributed by atoms with Gasteiger partial charge in [-0.05, 0) is 19.3 Å². The molecule has 57 heavy (non-hydrogen) atoms. The van der Waals surface area contributed by atoms with Gasteiger partial charge in [0, 0.05) is 53.3 Å². The predicted octanol–water partition coefficient (Wildman–Crippen LogP) is 1.98. The number of Topliss-reactive ketones (excluding diaryl/α,β-unsaturated/α-hetero) is 1. The average molecular weight is 827 g/mol. The number of esters is 3. The molecule has 0 bridgehead atoms. The third kappa shape index (κ3) is 17.7. The van der Waals surface area contributed by atoms with Crippen molar-refractivity contribution >= 4 is 35.5 Å². The zero-order chi connectivity index (χ0) is 42.5.